The third-order valence-corrected chi connectivity index (χ3v) is 3.08. The van der Waals surface area contributed by atoms with Crippen molar-refractivity contribution in [2.24, 2.45) is 0 Å². The van der Waals surface area contributed by atoms with Crippen LogP contribution in [0.2, 0.25) is 10.0 Å². The van der Waals surface area contributed by atoms with Gasteiger partial charge in [0.05, 0.1) is 6.54 Å². The first-order valence-electron chi connectivity index (χ1n) is 6.14. The lowest BCUT2D eigenvalue weighted by atomic mass is 10.2. The van der Waals surface area contributed by atoms with E-state index in [0.29, 0.717) is 22.3 Å². The Bertz CT molecular complexity index is 602. The summed E-state index contributed by atoms with van der Waals surface area (Å²) in [5.41, 5.74) is 1.72. The average molecular weight is 309 g/mol. The van der Waals surface area contributed by atoms with Crippen LogP contribution in [-0.4, -0.2) is 12.5 Å². The first-order chi connectivity index (χ1) is 9.63. The molecule has 3 nitrogen and oxygen atoms in total. The largest absolute Gasteiger partial charge is 0.325 e. The van der Waals surface area contributed by atoms with Gasteiger partial charge in [0.2, 0.25) is 5.91 Å². The molecule has 1 amide bonds. The molecule has 20 heavy (non-hydrogen) atoms. The van der Waals surface area contributed by atoms with Crippen molar-refractivity contribution < 1.29 is 4.79 Å². The normalized spacial score (nSPS) is 10.3. The molecule has 0 atom stereocenters. The van der Waals surface area contributed by atoms with Crippen LogP contribution >= 0.6 is 23.2 Å². The molecule has 2 N–H and O–H groups in total. The van der Waals surface area contributed by atoms with Gasteiger partial charge in [0, 0.05) is 22.3 Å². The van der Waals surface area contributed by atoms with Gasteiger partial charge in [-0.3, -0.25) is 4.79 Å². The molecule has 0 bridgehead atoms. The summed E-state index contributed by atoms with van der Waals surface area (Å²) >= 11 is 11.7. The van der Waals surface area contributed by atoms with Crippen LogP contribution in [0.15, 0.2) is 48.5 Å². The van der Waals surface area contributed by atoms with E-state index in [-0.39, 0.29) is 12.5 Å². The van der Waals surface area contributed by atoms with E-state index in [2.05, 4.69) is 10.6 Å². The minimum atomic E-state index is -0.116. The summed E-state index contributed by atoms with van der Waals surface area (Å²) in [5, 5.41) is 7.11. The van der Waals surface area contributed by atoms with Gasteiger partial charge in [-0.05, 0) is 35.9 Å². The summed E-state index contributed by atoms with van der Waals surface area (Å²) in [6.07, 6.45) is 0. The van der Waals surface area contributed by atoms with Crippen molar-refractivity contribution in [3.05, 3.63) is 64.1 Å². The van der Waals surface area contributed by atoms with Crippen molar-refractivity contribution in [1.29, 1.82) is 0 Å². The molecule has 2 rings (SSSR count). The number of carbonyl (C=O) groups excluding carboxylic acids is 1. The maximum Gasteiger partial charge on any atom is 0.238 e. The second kappa shape index (κ2) is 7.29. The number of anilines is 1. The Morgan fingerprint density at radius 1 is 1.00 bits per heavy atom. The van der Waals surface area contributed by atoms with Gasteiger partial charge in [0.15, 0.2) is 0 Å². The Labute approximate surface area is 127 Å². The molecule has 2 aromatic carbocycles. The van der Waals surface area contributed by atoms with Crippen molar-refractivity contribution in [2.45, 2.75) is 6.54 Å². The van der Waals surface area contributed by atoms with Gasteiger partial charge >= 0.3 is 0 Å². The highest BCUT2D eigenvalue weighted by Gasteiger charge is 2.02. The molecule has 0 saturated carbocycles. The van der Waals surface area contributed by atoms with E-state index in [1.807, 2.05) is 24.3 Å². The molecule has 0 saturated heterocycles. The molecule has 0 aromatic heterocycles. The standard InChI is InChI=1S/C15H14Cl2N2O/c16-12-4-1-3-11(7-12)9-18-10-15(20)19-14-6-2-5-13(17)8-14/h1-8,18H,9-10H2,(H,19,20). The number of amides is 1. The summed E-state index contributed by atoms with van der Waals surface area (Å²) < 4.78 is 0. The molecular formula is C15H14Cl2N2O. The molecule has 0 spiro atoms. The van der Waals surface area contributed by atoms with E-state index < -0.39 is 0 Å². The van der Waals surface area contributed by atoms with Gasteiger partial charge < -0.3 is 10.6 Å². The van der Waals surface area contributed by atoms with Crippen molar-refractivity contribution in [3.8, 4) is 0 Å². The van der Waals surface area contributed by atoms with E-state index in [4.69, 9.17) is 23.2 Å². The highest BCUT2D eigenvalue weighted by Crippen LogP contribution is 2.14. The van der Waals surface area contributed by atoms with Gasteiger partial charge in [-0.1, -0.05) is 41.4 Å². The maximum atomic E-state index is 11.7. The Hall–Kier alpha value is -1.55. The summed E-state index contributed by atoms with van der Waals surface area (Å²) in [4.78, 5) is 11.7. The summed E-state index contributed by atoms with van der Waals surface area (Å²) in [5.74, 6) is -0.116. The van der Waals surface area contributed by atoms with Crippen LogP contribution in [0.4, 0.5) is 5.69 Å². The average Bonchev–Trinajstić information content (AvgIpc) is 2.38. The number of hydrogen-bond donors (Lipinski definition) is 2. The molecule has 2 aromatic rings. The van der Waals surface area contributed by atoms with Crippen molar-refractivity contribution in [3.63, 3.8) is 0 Å². The smallest absolute Gasteiger partial charge is 0.238 e. The predicted molar refractivity (Wildman–Crippen MR) is 83.2 cm³/mol. The SMILES string of the molecule is O=C(CNCc1cccc(Cl)c1)Nc1cccc(Cl)c1. The van der Waals surface area contributed by atoms with E-state index >= 15 is 0 Å². The van der Waals surface area contributed by atoms with E-state index in [1.165, 1.54) is 0 Å². The molecule has 0 aliphatic rings. The third kappa shape index (κ3) is 4.85. The fourth-order valence-corrected chi connectivity index (χ4v) is 2.14. The molecule has 0 unspecified atom stereocenters. The van der Waals surface area contributed by atoms with Gasteiger partial charge in [0.1, 0.15) is 0 Å². The quantitative estimate of drug-likeness (QED) is 0.884. The Morgan fingerprint density at radius 3 is 2.40 bits per heavy atom. The highest BCUT2D eigenvalue weighted by atomic mass is 35.5. The second-order valence-electron chi connectivity index (χ2n) is 4.29. The van der Waals surface area contributed by atoms with Crippen LogP contribution in [0.5, 0.6) is 0 Å². The molecule has 0 aliphatic carbocycles. The third-order valence-electron chi connectivity index (χ3n) is 2.61. The molecule has 5 heteroatoms. The van der Waals surface area contributed by atoms with Crippen LogP contribution in [0.25, 0.3) is 0 Å². The summed E-state index contributed by atoms with van der Waals surface area (Å²) in [6, 6.07) is 14.6. The fourth-order valence-electron chi connectivity index (χ4n) is 1.74. The van der Waals surface area contributed by atoms with Crippen LogP contribution in [0.1, 0.15) is 5.56 Å². The lowest BCUT2D eigenvalue weighted by Gasteiger charge is -2.07. The van der Waals surface area contributed by atoms with Crippen LogP contribution in [0.3, 0.4) is 0 Å². The molecule has 0 fully saturated rings. The molecule has 0 radical (unpaired) electrons. The number of rotatable bonds is 5. The van der Waals surface area contributed by atoms with Gasteiger partial charge in [0.25, 0.3) is 0 Å². The van der Waals surface area contributed by atoms with E-state index in [9.17, 15) is 4.79 Å². The van der Waals surface area contributed by atoms with E-state index in [1.54, 1.807) is 24.3 Å². The topological polar surface area (TPSA) is 41.1 Å². The zero-order valence-corrected chi connectivity index (χ0v) is 12.2. The summed E-state index contributed by atoms with van der Waals surface area (Å²) in [7, 11) is 0. The first kappa shape index (κ1) is 14.9. The van der Waals surface area contributed by atoms with Gasteiger partial charge in [-0.25, -0.2) is 0 Å². The van der Waals surface area contributed by atoms with Crippen molar-refractivity contribution >= 4 is 34.8 Å². The van der Waals surface area contributed by atoms with Crippen molar-refractivity contribution in [1.82, 2.24) is 5.32 Å². The zero-order chi connectivity index (χ0) is 14.4. The Morgan fingerprint density at radius 2 is 1.70 bits per heavy atom. The lowest BCUT2D eigenvalue weighted by Crippen LogP contribution is -2.27. The number of nitrogens with one attached hydrogen (secondary N) is 2. The Balaban J connectivity index is 1.78. The van der Waals surface area contributed by atoms with Crippen LogP contribution in [0, 0.1) is 0 Å². The molecule has 0 aliphatic heterocycles. The monoisotopic (exact) mass is 308 g/mol. The van der Waals surface area contributed by atoms with Crippen molar-refractivity contribution in [2.75, 3.05) is 11.9 Å². The molecule has 0 heterocycles. The van der Waals surface area contributed by atoms with Gasteiger partial charge in [-0.2, -0.15) is 0 Å². The molecular weight excluding hydrogens is 295 g/mol. The number of halogens is 2. The number of hydrogen-bond acceptors (Lipinski definition) is 2. The second-order valence-corrected chi connectivity index (χ2v) is 5.16. The number of carbonyl (C=O) groups is 1. The summed E-state index contributed by atoms with van der Waals surface area (Å²) in [6.45, 7) is 0.808. The first-order valence-corrected chi connectivity index (χ1v) is 6.89. The maximum absolute atomic E-state index is 11.7. The number of benzene rings is 2. The predicted octanol–water partition coefficient (Wildman–Crippen LogP) is 3.72. The highest BCUT2D eigenvalue weighted by molar-refractivity contribution is 6.31. The minimum absolute atomic E-state index is 0.116. The van der Waals surface area contributed by atoms with Gasteiger partial charge in [-0.15, -0.1) is 0 Å². The molecule has 104 valence electrons. The van der Waals surface area contributed by atoms with E-state index in [0.717, 1.165) is 5.56 Å². The lowest BCUT2D eigenvalue weighted by molar-refractivity contribution is -0.115. The zero-order valence-electron chi connectivity index (χ0n) is 10.7. The van der Waals surface area contributed by atoms with Crippen LogP contribution < -0.4 is 10.6 Å². The fraction of sp³-hybridized carbons (Fsp3) is 0.133. The van der Waals surface area contributed by atoms with Crippen LogP contribution in [-0.2, 0) is 11.3 Å². The Kier molecular flexibility index (Phi) is 5.41. The minimum Gasteiger partial charge on any atom is -0.325 e.